The van der Waals surface area contributed by atoms with E-state index >= 15 is 0 Å². The van der Waals surface area contributed by atoms with Gasteiger partial charge in [-0.2, -0.15) is 0 Å². The van der Waals surface area contributed by atoms with Gasteiger partial charge >= 0.3 is 0 Å². The lowest BCUT2D eigenvalue weighted by Crippen LogP contribution is -2.33. The quantitative estimate of drug-likeness (QED) is 0.757. The van der Waals surface area contributed by atoms with Crippen molar-refractivity contribution in [1.29, 1.82) is 0 Å². The molecule has 0 bridgehead atoms. The molecule has 1 saturated carbocycles. The van der Waals surface area contributed by atoms with Gasteiger partial charge in [-0.1, -0.05) is 19.9 Å². The van der Waals surface area contributed by atoms with Gasteiger partial charge < -0.3 is 9.47 Å². The fourth-order valence-corrected chi connectivity index (χ4v) is 4.05. The number of nitrogens with zero attached hydrogens (tertiary/aromatic N) is 3. The number of aromatic nitrogens is 2. The minimum absolute atomic E-state index is 0. The van der Waals surface area contributed by atoms with Crippen molar-refractivity contribution in [1.82, 2.24) is 10.2 Å². The highest BCUT2D eigenvalue weighted by atomic mass is 16.5. The number of carbonyl (C=O) groups is 2. The third-order valence-corrected chi connectivity index (χ3v) is 5.89. The molecule has 1 spiro atoms. The van der Waals surface area contributed by atoms with Gasteiger partial charge in [0.15, 0.2) is 5.82 Å². The van der Waals surface area contributed by atoms with Crippen LogP contribution in [0, 0.1) is 12.3 Å². The Morgan fingerprint density at radius 1 is 1.14 bits per heavy atom. The van der Waals surface area contributed by atoms with Crippen molar-refractivity contribution in [3.8, 4) is 17.4 Å². The number of imide groups is 1. The first-order valence-corrected chi connectivity index (χ1v) is 9.47. The SMILES string of the molecule is Cc1ccc(Oc2ccc(N3C(=O)CC(C)(C)C3=O)nn2)c2c1OCC21CC1.[HH]. The van der Waals surface area contributed by atoms with Crippen LogP contribution in [0.15, 0.2) is 24.3 Å². The highest BCUT2D eigenvalue weighted by Gasteiger charge is 2.53. The molecule has 5 rings (SSSR count). The molecule has 1 aromatic carbocycles. The zero-order valence-corrected chi connectivity index (χ0v) is 16.1. The molecule has 1 aliphatic carbocycles. The number of carbonyl (C=O) groups excluding carboxylic acids is 2. The molecule has 3 aliphatic rings. The summed E-state index contributed by atoms with van der Waals surface area (Å²) >= 11 is 0. The van der Waals surface area contributed by atoms with Crippen LogP contribution < -0.4 is 14.4 Å². The van der Waals surface area contributed by atoms with E-state index in [9.17, 15) is 9.59 Å². The lowest BCUT2D eigenvalue weighted by atomic mass is 9.92. The standard InChI is InChI=1S/C21H21N3O4.H2/c1-12-4-5-13(17-18(12)27-11-21(17)8-9-21)28-15-7-6-14(22-23-15)24-16(25)10-20(2,3)19(24)26;/h4-7H,8-11H2,1-3H3;1H. The summed E-state index contributed by atoms with van der Waals surface area (Å²) in [5.74, 6) is 1.66. The molecule has 1 aromatic heterocycles. The predicted octanol–water partition coefficient (Wildman–Crippen LogP) is 3.54. The third-order valence-electron chi connectivity index (χ3n) is 5.89. The fourth-order valence-electron chi connectivity index (χ4n) is 4.05. The largest absolute Gasteiger partial charge is 0.492 e. The van der Waals surface area contributed by atoms with Crippen LogP contribution >= 0.6 is 0 Å². The lowest BCUT2D eigenvalue weighted by molar-refractivity contribution is -0.124. The van der Waals surface area contributed by atoms with Crippen LogP contribution in [-0.2, 0) is 15.0 Å². The van der Waals surface area contributed by atoms with Crippen molar-refractivity contribution >= 4 is 17.6 Å². The second-order valence-electron chi connectivity index (χ2n) is 8.58. The van der Waals surface area contributed by atoms with E-state index in [1.165, 1.54) is 0 Å². The second kappa shape index (κ2) is 5.53. The Kier molecular flexibility index (Phi) is 3.39. The molecule has 0 N–H and O–H groups in total. The number of ether oxygens (including phenoxy) is 2. The van der Waals surface area contributed by atoms with Crippen molar-refractivity contribution in [2.45, 2.75) is 45.4 Å². The van der Waals surface area contributed by atoms with Crippen LogP contribution in [0.2, 0.25) is 0 Å². The predicted molar refractivity (Wildman–Crippen MR) is 103 cm³/mol. The number of benzene rings is 1. The first-order valence-electron chi connectivity index (χ1n) is 9.47. The first kappa shape index (κ1) is 17.2. The summed E-state index contributed by atoms with van der Waals surface area (Å²) in [4.78, 5) is 25.8. The molecule has 2 amide bonds. The van der Waals surface area contributed by atoms with Crippen LogP contribution in [0.3, 0.4) is 0 Å². The number of hydrogen-bond donors (Lipinski definition) is 0. The van der Waals surface area contributed by atoms with E-state index in [0.29, 0.717) is 12.5 Å². The van der Waals surface area contributed by atoms with Gasteiger partial charge in [0.05, 0.1) is 12.0 Å². The van der Waals surface area contributed by atoms with Gasteiger partial charge in [0.25, 0.3) is 0 Å². The molecule has 7 heteroatoms. The Morgan fingerprint density at radius 2 is 1.93 bits per heavy atom. The van der Waals surface area contributed by atoms with Crippen LogP contribution in [0.4, 0.5) is 5.82 Å². The molecular weight excluding hydrogens is 358 g/mol. The number of rotatable bonds is 3. The van der Waals surface area contributed by atoms with Crippen LogP contribution in [-0.4, -0.2) is 28.6 Å². The molecule has 2 aromatic rings. The highest BCUT2D eigenvalue weighted by Crippen LogP contribution is 2.59. The summed E-state index contributed by atoms with van der Waals surface area (Å²) in [6, 6.07) is 7.14. The normalized spacial score (nSPS) is 21.0. The van der Waals surface area contributed by atoms with Gasteiger partial charge in [-0.25, -0.2) is 4.90 Å². The summed E-state index contributed by atoms with van der Waals surface area (Å²) in [6.45, 7) is 6.24. The van der Waals surface area contributed by atoms with Crippen LogP contribution in [0.5, 0.6) is 17.4 Å². The topological polar surface area (TPSA) is 81.6 Å². The molecule has 2 fully saturated rings. The Morgan fingerprint density at radius 3 is 2.54 bits per heavy atom. The molecule has 2 aliphatic heterocycles. The number of hydrogen-bond acceptors (Lipinski definition) is 6. The van der Waals surface area contributed by atoms with E-state index in [1.807, 2.05) is 19.1 Å². The zero-order chi connectivity index (χ0) is 19.7. The Bertz CT molecular complexity index is 1020. The number of amides is 2. The Labute approximate surface area is 164 Å². The van der Waals surface area contributed by atoms with Crippen molar-refractivity contribution in [2.75, 3.05) is 11.5 Å². The van der Waals surface area contributed by atoms with E-state index in [2.05, 4.69) is 10.2 Å². The average Bonchev–Trinajstić information content (AvgIpc) is 3.26. The number of anilines is 1. The van der Waals surface area contributed by atoms with Crippen molar-refractivity contribution in [3.63, 3.8) is 0 Å². The first-order chi connectivity index (χ1) is 13.3. The summed E-state index contributed by atoms with van der Waals surface area (Å²) in [5, 5.41) is 8.16. The smallest absolute Gasteiger partial charge is 0.241 e. The maximum absolute atomic E-state index is 12.4. The Hall–Kier alpha value is -2.96. The van der Waals surface area contributed by atoms with E-state index in [4.69, 9.17) is 9.47 Å². The van der Waals surface area contributed by atoms with E-state index in [-0.39, 0.29) is 30.9 Å². The Balaban J connectivity index is 0.00000205. The fraction of sp³-hybridized carbons (Fsp3) is 0.429. The zero-order valence-electron chi connectivity index (χ0n) is 16.1. The van der Waals surface area contributed by atoms with E-state index < -0.39 is 5.41 Å². The monoisotopic (exact) mass is 381 g/mol. The van der Waals surface area contributed by atoms with Gasteiger partial charge in [0.1, 0.15) is 11.5 Å². The summed E-state index contributed by atoms with van der Waals surface area (Å²) in [6.07, 6.45) is 2.36. The summed E-state index contributed by atoms with van der Waals surface area (Å²) in [7, 11) is 0. The highest BCUT2D eigenvalue weighted by molar-refractivity contribution is 6.21. The van der Waals surface area contributed by atoms with Gasteiger partial charge in [0.2, 0.25) is 17.7 Å². The van der Waals surface area contributed by atoms with Crippen molar-refractivity contribution < 1.29 is 20.5 Å². The molecule has 7 nitrogen and oxygen atoms in total. The lowest BCUT2D eigenvalue weighted by Gasteiger charge is -2.17. The van der Waals surface area contributed by atoms with Gasteiger partial charge in [0, 0.05) is 24.9 Å². The van der Waals surface area contributed by atoms with E-state index in [1.54, 1.807) is 26.0 Å². The minimum Gasteiger partial charge on any atom is -0.492 e. The number of aryl methyl sites for hydroxylation is 1. The maximum Gasteiger partial charge on any atom is 0.241 e. The van der Waals surface area contributed by atoms with Crippen LogP contribution in [0.1, 0.15) is 45.7 Å². The average molecular weight is 381 g/mol. The molecular formula is C21H23N3O4. The maximum atomic E-state index is 12.4. The second-order valence-corrected chi connectivity index (χ2v) is 8.58. The third kappa shape index (κ3) is 2.42. The molecule has 28 heavy (non-hydrogen) atoms. The van der Waals surface area contributed by atoms with E-state index in [0.717, 1.165) is 40.4 Å². The molecule has 0 unspecified atom stereocenters. The minimum atomic E-state index is -0.713. The molecule has 0 atom stereocenters. The summed E-state index contributed by atoms with van der Waals surface area (Å²) < 4.78 is 11.9. The van der Waals surface area contributed by atoms with Gasteiger partial charge in [-0.05, 0) is 37.5 Å². The van der Waals surface area contributed by atoms with Gasteiger partial charge in [-0.15, -0.1) is 10.2 Å². The molecule has 146 valence electrons. The molecule has 3 heterocycles. The van der Waals surface area contributed by atoms with Crippen molar-refractivity contribution in [2.24, 2.45) is 5.41 Å². The molecule has 0 radical (unpaired) electrons. The van der Waals surface area contributed by atoms with Gasteiger partial charge in [-0.3, -0.25) is 9.59 Å². The molecule has 1 saturated heterocycles. The van der Waals surface area contributed by atoms with Crippen molar-refractivity contribution in [3.05, 3.63) is 35.4 Å². The summed E-state index contributed by atoms with van der Waals surface area (Å²) in [5.41, 5.74) is 1.57. The van der Waals surface area contributed by atoms with Crippen LogP contribution in [0.25, 0.3) is 0 Å². The number of fused-ring (bicyclic) bond motifs is 2.